The molecule has 9 heteroatoms. The molecular formula is C25H17Cl3N2O4. The molecule has 4 rings (SSSR count). The fourth-order valence-electron chi connectivity index (χ4n) is 3.30. The largest absolute Gasteiger partial charge is 0.423 e. The number of nitrogens with one attached hydrogen (secondary N) is 1. The third kappa shape index (κ3) is 4.53. The van der Waals surface area contributed by atoms with Crippen LogP contribution in [0, 0.1) is 13.8 Å². The van der Waals surface area contributed by atoms with Gasteiger partial charge in [-0.1, -0.05) is 46.9 Å². The molecule has 1 aliphatic rings. The number of halogens is 3. The Morgan fingerprint density at radius 2 is 1.59 bits per heavy atom. The normalized spacial score (nSPS) is 13.5. The van der Waals surface area contributed by atoms with E-state index in [0.29, 0.717) is 17.0 Å². The number of imide groups is 1. The van der Waals surface area contributed by atoms with Crippen molar-refractivity contribution in [2.45, 2.75) is 13.8 Å². The van der Waals surface area contributed by atoms with Gasteiger partial charge in [0.15, 0.2) is 0 Å². The number of ether oxygens (including phenoxy) is 1. The molecule has 0 atom stereocenters. The van der Waals surface area contributed by atoms with Crippen LogP contribution in [0.5, 0.6) is 5.75 Å². The Morgan fingerprint density at radius 3 is 2.26 bits per heavy atom. The number of benzene rings is 3. The zero-order chi connectivity index (χ0) is 24.6. The van der Waals surface area contributed by atoms with Crippen molar-refractivity contribution in [3.63, 3.8) is 0 Å². The summed E-state index contributed by atoms with van der Waals surface area (Å²) in [6.07, 6.45) is 0. The van der Waals surface area contributed by atoms with Gasteiger partial charge in [-0.3, -0.25) is 9.59 Å². The molecule has 1 N–H and O–H groups in total. The monoisotopic (exact) mass is 514 g/mol. The maximum Gasteiger partial charge on any atom is 0.343 e. The zero-order valence-corrected chi connectivity index (χ0v) is 20.3. The number of carbonyl (C=O) groups excluding carboxylic acids is 3. The van der Waals surface area contributed by atoms with Gasteiger partial charge < -0.3 is 10.1 Å². The van der Waals surface area contributed by atoms with Gasteiger partial charge in [0.05, 0.1) is 21.3 Å². The third-order valence-electron chi connectivity index (χ3n) is 5.34. The first-order chi connectivity index (χ1) is 16.2. The molecule has 0 bridgehead atoms. The lowest BCUT2D eigenvalue weighted by Gasteiger charge is -2.15. The number of hydrogen-bond donors (Lipinski definition) is 1. The third-order valence-corrected chi connectivity index (χ3v) is 6.43. The van der Waals surface area contributed by atoms with E-state index in [9.17, 15) is 14.4 Å². The van der Waals surface area contributed by atoms with Crippen molar-refractivity contribution < 1.29 is 19.1 Å². The maximum atomic E-state index is 12.9. The summed E-state index contributed by atoms with van der Waals surface area (Å²) in [6.45, 7) is 3.81. The minimum Gasteiger partial charge on any atom is -0.423 e. The van der Waals surface area contributed by atoms with Crippen molar-refractivity contribution in [3.05, 3.63) is 98.1 Å². The predicted octanol–water partition coefficient (Wildman–Crippen LogP) is 6.27. The summed E-state index contributed by atoms with van der Waals surface area (Å²) in [4.78, 5) is 39.0. The molecule has 6 nitrogen and oxygen atoms in total. The highest BCUT2D eigenvalue weighted by Gasteiger charge is 2.39. The van der Waals surface area contributed by atoms with E-state index in [1.165, 1.54) is 18.2 Å². The van der Waals surface area contributed by atoms with Gasteiger partial charge in [0.25, 0.3) is 11.8 Å². The van der Waals surface area contributed by atoms with Crippen molar-refractivity contribution in [3.8, 4) is 5.75 Å². The van der Waals surface area contributed by atoms with Crippen LogP contribution in [0.3, 0.4) is 0 Å². The molecule has 172 valence electrons. The number of amides is 2. The number of hydrogen-bond acceptors (Lipinski definition) is 5. The Labute approximate surface area is 210 Å². The minimum absolute atomic E-state index is 0.0940. The van der Waals surface area contributed by atoms with E-state index in [-0.39, 0.29) is 26.5 Å². The van der Waals surface area contributed by atoms with Crippen LogP contribution >= 0.6 is 34.8 Å². The maximum absolute atomic E-state index is 12.9. The first-order valence-electron chi connectivity index (χ1n) is 10.1. The fourth-order valence-corrected chi connectivity index (χ4v) is 3.80. The smallest absolute Gasteiger partial charge is 0.343 e. The van der Waals surface area contributed by atoms with E-state index in [4.69, 9.17) is 39.5 Å². The number of carbonyl (C=O) groups is 3. The second kappa shape index (κ2) is 9.50. The van der Waals surface area contributed by atoms with E-state index >= 15 is 0 Å². The molecule has 0 spiro atoms. The molecule has 0 fully saturated rings. The van der Waals surface area contributed by atoms with Crippen LogP contribution in [0.25, 0.3) is 0 Å². The van der Waals surface area contributed by atoms with Crippen molar-refractivity contribution >= 4 is 64.0 Å². The van der Waals surface area contributed by atoms with Gasteiger partial charge in [0, 0.05) is 5.69 Å². The first kappa shape index (κ1) is 23.8. The summed E-state index contributed by atoms with van der Waals surface area (Å²) >= 11 is 18.1. The molecule has 3 aromatic carbocycles. The van der Waals surface area contributed by atoms with E-state index in [1.54, 1.807) is 30.3 Å². The molecule has 0 saturated heterocycles. The molecule has 1 aliphatic heterocycles. The van der Waals surface area contributed by atoms with Gasteiger partial charge >= 0.3 is 5.97 Å². The number of rotatable bonds is 5. The lowest BCUT2D eigenvalue weighted by Crippen LogP contribution is -2.32. The van der Waals surface area contributed by atoms with E-state index < -0.39 is 17.8 Å². The molecule has 0 aliphatic carbocycles. The summed E-state index contributed by atoms with van der Waals surface area (Å²) in [5.41, 5.74) is 2.81. The van der Waals surface area contributed by atoms with Crippen LogP contribution in [-0.4, -0.2) is 17.8 Å². The number of esters is 1. The average molecular weight is 516 g/mol. The van der Waals surface area contributed by atoms with Crippen LogP contribution < -0.4 is 15.0 Å². The van der Waals surface area contributed by atoms with E-state index in [2.05, 4.69) is 5.32 Å². The molecule has 0 unspecified atom stereocenters. The van der Waals surface area contributed by atoms with Gasteiger partial charge in [-0.25, -0.2) is 9.69 Å². The second-order valence-corrected chi connectivity index (χ2v) is 8.72. The summed E-state index contributed by atoms with van der Waals surface area (Å²) in [6, 6.07) is 16.1. The number of aryl methyl sites for hydroxylation is 1. The van der Waals surface area contributed by atoms with Gasteiger partial charge in [0.1, 0.15) is 16.5 Å². The highest BCUT2D eigenvalue weighted by molar-refractivity contribution is 6.53. The molecule has 0 saturated carbocycles. The van der Waals surface area contributed by atoms with Crippen molar-refractivity contribution in [1.82, 2.24) is 0 Å². The molecule has 0 aromatic heterocycles. The highest BCUT2D eigenvalue weighted by Crippen LogP contribution is 2.33. The molecule has 3 aromatic rings. The van der Waals surface area contributed by atoms with Crippen LogP contribution in [0.15, 0.2) is 71.4 Å². The van der Waals surface area contributed by atoms with Gasteiger partial charge in [-0.2, -0.15) is 0 Å². The van der Waals surface area contributed by atoms with Crippen LogP contribution in [0.2, 0.25) is 10.0 Å². The molecule has 1 heterocycles. The summed E-state index contributed by atoms with van der Waals surface area (Å²) in [5.74, 6) is -1.37. The Hall–Kier alpha value is -3.32. The first-order valence-corrected chi connectivity index (χ1v) is 11.2. The van der Waals surface area contributed by atoms with Crippen molar-refractivity contribution in [2.75, 3.05) is 10.2 Å². The topological polar surface area (TPSA) is 75.7 Å². The summed E-state index contributed by atoms with van der Waals surface area (Å²) in [7, 11) is 0. The Bertz CT molecular complexity index is 1370. The van der Waals surface area contributed by atoms with Crippen LogP contribution in [0.4, 0.5) is 11.4 Å². The SMILES string of the molecule is Cc1cccc(OC(=O)c2ccc(NC3=C(Cl)C(=O)N(c4ccc(Cl)c(Cl)c4)C3=O)cc2)c1C. The van der Waals surface area contributed by atoms with E-state index in [1.807, 2.05) is 26.0 Å². The zero-order valence-electron chi connectivity index (χ0n) is 18.0. The number of nitrogens with zero attached hydrogens (tertiary/aromatic N) is 1. The predicted molar refractivity (Wildman–Crippen MR) is 133 cm³/mol. The van der Waals surface area contributed by atoms with Gasteiger partial charge in [0.2, 0.25) is 0 Å². The van der Waals surface area contributed by atoms with Crippen molar-refractivity contribution in [2.24, 2.45) is 0 Å². The Morgan fingerprint density at radius 1 is 0.882 bits per heavy atom. The van der Waals surface area contributed by atoms with Gasteiger partial charge in [-0.15, -0.1) is 0 Å². The summed E-state index contributed by atoms with van der Waals surface area (Å²) < 4.78 is 5.50. The Balaban J connectivity index is 1.50. The van der Waals surface area contributed by atoms with E-state index in [0.717, 1.165) is 16.0 Å². The standard InChI is InChI=1S/C25H17Cl3N2O4/c1-13-4-3-5-20(14(13)2)34-25(33)15-6-8-16(9-7-15)29-22-21(28)23(31)30(24(22)32)17-10-11-18(26)19(27)12-17/h3-12,29H,1-2H3. The lowest BCUT2D eigenvalue weighted by atomic mass is 10.1. The summed E-state index contributed by atoms with van der Waals surface area (Å²) in [5, 5.41) is 3.07. The lowest BCUT2D eigenvalue weighted by molar-refractivity contribution is -0.120. The molecule has 0 radical (unpaired) electrons. The molecule has 34 heavy (non-hydrogen) atoms. The van der Waals surface area contributed by atoms with Crippen LogP contribution in [-0.2, 0) is 9.59 Å². The molecule has 2 amide bonds. The van der Waals surface area contributed by atoms with Crippen LogP contribution in [0.1, 0.15) is 21.5 Å². The minimum atomic E-state index is -0.693. The number of anilines is 2. The van der Waals surface area contributed by atoms with Gasteiger partial charge in [-0.05, 0) is 73.5 Å². The quantitative estimate of drug-likeness (QED) is 0.246. The second-order valence-electron chi connectivity index (χ2n) is 7.52. The average Bonchev–Trinajstić information content (AvgIpc) is 3.02. The fraction of sp³-hybridized carbons (Fsp3) is 0.0800. The Kier molecular flexibility index (Phi) is 6.66. The van der Waals surface area contributed by atoms with Crippen molar-refractivity contribution in [1.29, 1.82) is 0 Å². The highest BCUT2D eigenvalue weighted by atomic mass is 35.5. The molecular weight excluding hydrogens is 499 g/mol.